The van der Waals surface area contributed by atoms with Crippen molar-refractivity contribution < 1.29 is 14.3 Å². The van der Waals surface area contributed by atoms with E-state index in [1.54, 1.807) is 14.2 Å². The number of aliphatic imine (C=N–C) groups is 1. The average Bonchev–Trinajstić information content (AvgIpc) is 3.01. The lowest BCUT2D eigenvalue weighted by molar-refractivity contribution is 0.100. The van der Waals surface area contributed by atoms with Crippen molar-refractivity contribution in [1.82, 2.24) is 0 Å². The fourth-order valence-electron chi connectivity index (χ4n) is 3.27. The van der Waals surface area contributed by atoms with Crippen molar-refractivity contribution in [3.05, 3.63) is 52.5 Å². The maximum atomic E-state index is 13.0. The van der Waals surface area contributed by atoms with Crippen molar-refractivity contribution in [3.8, 4) is 11.5 Å². The van der Waals surface area contributed by atoms with Gasteiger partial charge in [0, 0.05) is 29.1 Å². The number of Topliss-reactive ketones (excluding diaryl/α,β-unsaturated/α-hetero) is 1. The zero-order valence-corrected chi connectivity index (χ0v) is 20.0. The first-order chi connectivity index (χ1) is 13.6. The summed E-state index contributed by atoms with van der Waals surface area (Å²) in [6, 6.07) is 13.1. The number of carbonyl (C=O) groups excluding carboxylic acids is 1. The number of halogens is 2. The standard InChI is InChI=1S/C22H25BrN2O3.BrH/c1-27-18-11-12-21(28-2)19(14-18)25(22-6-4-3-5-13-24-22)15-20(26)16-7-9-17(23)10-8-16;/h7-12,14H,3-6,13,15H2,1-2H3;1H. The van der Waals surface area contributed by atoms with Gasteiger partial charge >= 0.3 is 0 Å². The molecule has 0 atom stereocenters. The van der Waals surface area contributed by atoms with Crippen LogP contribution in [0.2, 0.25) is 0 Å². The van der Waals surface area contributed by atoms with Crippen molar-refractivity contribution >= 4 is 50.2 Å². The molecule has 2 aromatic rings. The second-order valence-corrected chi connectivity index (χ2v) is 7.58. The van der Waals surface area contributed by atoms with Gasteiger partial charge < -0.3 is 14.4 Å². The molecule has 0 N–H and O–H groups in total. The van der Waals surface area contributed by atoms with Gasteiger partial charge in [-0.3, -0.25) is 9.79 Å². The van der Waals surface area contributed by atoms with Crippen molar-refractivity contribution in [1.29, 1.82) is 0 Å². The maximum absolute atomic E-state index is 13.0. The van der Waals surface area contributed by atoms with E-state index in [0.29, 0.717) is 17.1 Å². The van der Waals surface area contributed by atoms with Crippen molar-refractivity contribution in [3.63, 3.8) is 0 Å². The molecule has 0 unspecified atom stereocenters. The van der Waals surface area contributed by atoms with E-state index in [1.165, 1.54) is 0 Å². The van der Waals surface area contributed by atoms with Crippen LogP contribution >= 0.6 is 32.9 Å². The van der Waals surface area contributed by atoms with Crippen LogP contribution in [0.4, 0.5) is 5.69 Å². The Balaban J connectivity index is 0.00000300. The Hall–Kier alpha value is -1.86. The average molecular weight is 526 g/mol. The number of benzene rings is 2. The molecule has 0 aromatic heterocycles. The molecule has 1 heterocycles. The summed E-state index contributed by atoms with van der Waals surface area (Å²) in [4.78, 5) is 19.8. The van der Waals surface area contributed by atoms with Crippen LogP contribution in [0.25, 0.3) is 0 Å². The Morgan fingerprint density at radius 2 is 1.83 bits per heavy atom. The van der Waals surface area contributed by atoms with Crippen LogP contribution in [0.3, 0.4) is 0 Å². The lowest BCUT2D eigenvalue weighted by Gasteiger charge is -2.27. The molecule has 0 saturated heterocycles. The summed E-state index contributed by atoms with van der Waals surface area (Å²) in [6.45, 7) is 0.981. The molecular formula is C22H26Br2N2O3. The van der Waals surface area contributed by atoms with Crippen molar-refractivity contribution in [2.45, 2.75) is 25.7 Å². The van der Waals surface area contributed by atoms with Gasteiger partial charge in [0.2, 0.25) is 0 Å². The van der Waals surface area contributed by atoms with Crippen molar-refractivity contribution in [2.75, 3.05) is 32.2 Å². The molecule has 156 valence electrons. The predicted molar refractivity (Wildman–Crippen MR) is 126 cm³/mol. The van der Waals surface area contributed by atoms with E-state index in [9.17, 15) is 4.79 Å². The smallest absolute Gasteiger partial charge is 0.182 e. The monoisotopic (exact) mass is 524 g/mol. The molecule has 0 aliphatic carbocycles. The first-order valence-electron chi connectivity index (χ1n) is 9.44. The number of rotatable bonds is 6. The summed E-state index contributed by atoms with van der Waals surface area (Å²) >= 11 is 3.42. The summed E-state index contributed by atoms with van der Waals surface area (Å²) in [5, 5.41) is 0. The highest BCUT2D eigenvalue weighted by molar-refractivity contribution is 9.10. The normalized spacial score (nSPS) is 13.6. The molecule has 0 bridgehead atoms. The van der Waals surface area contributed by atoms with Crippen LogP contribution in [0.5, 0.6) is 11.5 Å². The van der Waals surface area contributed by atoms with Gasteiger partial charge in [0.05, 0.1) is 26.5 Å². The van der Waals surface area contributed by atoms with Gasteiger partial charge in [0.15, 0.2) is 5.78 Å². The van der Waals surface area contributed by atoms with E-state index < -0.39 is 0 Å². The SMILES string of the molecule is Br.COc1ccc(OC)c(N(CC(=O)c2ccc(Br)cc2)C2=NCCCCC2)c1. The fourth-order valence-corrected chi connectivity index (χ4v) is 3.54. The van der Waals surface area contributed by atoms with Crippen LogP contribution in [0, 0.1) is 0 Å². The minimum Gasteiger partial charge on any atom is -0.497 e. The van der Waals surface area contributed by atoms with Crippen LogP contribution < -0.4 is 14.4 Å². The zero-order valence-electron chi connectivity index (χ0n) is 16.7. The molecule has 0 spiro atoms. The highest BCUT2D eigenvalue weighted by atomic mass is 79.9. The summed E-state index contributed by atoms with van der Waals surface area (Å²) < 4.78 is 11.9. The maximum Gasteiger partial charge on any atom is 0.182 e. The topological polar surface area (TPSA) is 51.1 Å². The van der Waals surface area contributed by atoms with Crippen molar-refractivity contribution in [2.24, 2.45) is 4.99 Å². The number of anilines is 1. The molecule has 1 aliphatic heterocycles. The van der Waals surface area contributed by atoms with Gasteiger partial charge in [-0.25, -0.2) is 0 Å². The fraction of sp³-hybridized carbons (Fsp3) is 0.364. The van der Waals surface area contributed by atoms with E-state index in [0.717, 1.165) is 48.2 Å². The first kappa shape index (κ1) is 23.4. The first-order valence-corrected chi connectivity index (χ1v) is 10.2. The third kappa shape index (κ3) is 6.06. The largest absolute Gasteiger partial charge is 0.497 e. The number of nitrogens with zero attached hydrogens (tertiary/aromatic N) is 2. The molecule has 3 rings (SSSR count). The van der Waals surface area contributed by atoms with Crippen LogP contribution in [-0.4, -0.2) is 38.9 Å². The van der Waals surface area contributed by atoms with Gasteiger partial charge in [-0.15, -0.1) is 17.0 Å². The van der Waals surface area contributed by atoms with E-state index in [4.69, 9.17) is 14.5 Å². The highest BCUT2D eigenvalue weighted by Crippen LogP contribution is 2.34. The lowest BCUT2D eigenvalue weighted by atomic mass is 10.1. The van der Waals surface area contributed by atoms with Gasteiger partial charge in [-0.1, -0.05) is 34.5 Å². The summed E-state index contributed by atoms with van der Waals surface area (Å²) in [6.07, 6.45) is 4.13. The molecule has 2 aromatic carbocycles. The Labute approximate surface area is 191 Å². The Bertz CT molecular complexity index is 854. The third-order valence-corrected chi connectivity index (χ3v) is 5.34. The molecule has 1 aliphatic rings. The van der Waals surface area contributed by atoms with Crippen LogP contribution in [0.1, 0.15) is 36.0 Å². The minimum absolute atomic E-state index is 0. The predicted octanol–water partition coefficient (Wildman–Crippen LogP) is 5.71. The minimum atomic E-state index is 0. The summed E-state index contributed by atoms with van der Waals surface area (Å²) in [7, 11) is 3.26. The number of ketones is 1. The second-order valence-electron chi connectivity index (χ2n) is 6.66. The number of amidine groups is 1. The molecule has 0 amide bonds. The van der Waals surface area contributed by atoms with Crippen LogP contribution in [0.15, 0.2) is 51.9 Å². The van der Waals surface area contributed by atoms with Crippen LogP contribution in [-0.2, 0) is 0 Å². The third-order valence-electron chi connectivity index (χ3n) is 4.81. The number of carbonyl (C=O) groups is 1. The second kappa shape index (κ2) is 11.4. The molecule has 0 fully saturated rings. The lowest BCUT2D eigenvalue weighted by Crippen LogP contribution is -2.36. The number of hydrogen-bond acceptors (Lipinski definition) is 5. The van der Waals surface area contributed by atoms with E-state index >= 15 is 0 Å². The zero-order chi connectivity index (χ0) is 19.9. The highest BCUT2D eigenvalue weighted by Gasteiger charge is 2.23. The number of ether oxygens (including phenoxy) is 2. The molecule has 0 saturated carbocycles. The molecule has 29 heavy (non-hydrogen) atoms. The summed E-state index contributed by atoms with van der Waals surface area (Å²) in [5.41, 5.74) is 1.47. The van der Waals surface area contributed by atoms with Gasteiger partial charge in [-0.05, 0) is 37.1 Å². The Morgan fingerprint density at radius 1 is 1.07 bits per heavy atom. The van der Waals surface area contributed by atoms with Gasteiger partial charge in [0.1, 0.15) is 17.3 Å². The van der Waals surface area contributed by atoms with E-state index in [1.807, 2.05) is 47.4 Å². The van der Waals surface area contributed by atoms with E-state index in [2.05, 4.69) is 15.9 Å². The van der Waals surface area contributed by atoms with Gasteiger partial charge in [-0.2, -0.15) is 0 Å². The molecular weight excluding hydrogens is 500 g/mol. The van der Waals surface area contributed by atoms with Gasteiger partial charge in [0.25, 0.3) is 0 Å². The molecule has 7 heteroatoms. The Kier molecular flexibility index (Phi) is 9.17. The molecule has 5 nitrogen and oxygen atoms in total. The number of hydrogen-bond donors (Lipinski definition) is 0. The molecule has 0 radical (unpaired) electrons. The quantitative estimate of drug-likeness (QED) is 0.453. The summed E-state index contributed by atoms with van der Waals surface area (Å²) in [5.74, 6) is 2.36. The van der Waals surface area contributed by atoms with E-state index in [-0.39, 0.29) is 29.3 Å². The number of methoxy groups -OCH3 is 2. The Morgan fingerprint density at radius 3 is 2.52 bits per heavy atom.